The molecule has 0 heterocycles. The first-order valence-electron chi connectivity index (χ1n) is 1.70. The van der Waals surface area contributed by atoms with Gasteiger partial charge in [-0.3, -0.25) is 10.2 Å². The summed E-state index contributed by atoms with van der Waals surface area (Å²) in [6.07, 6.45) is 0. The standard InChI is InChI=1S/C3H8N2O.CH4/c1-3(6)5-4-2;/h4H,1-2H3,(H,5,6);1H4. The number of hydrogen-bond acceptors (Lipinski definition) is 2. The van der Waals surface area contributed by atoms with Crippen LogP contribution in [0.1, 0.15) is 14.4 Å². The summed E-state index contributed by atoms with van der Waals surface area (Å²) in [5.74, 6) is -0.0718. The topological polar surface area (TPSA) is 41.1 Å². The normalized spacial score (nSPS) is 6.57. The van der Waals surface area contributed by atoms with Crippen molar-refractivity contribution in [3.63, 3.8) is 0 Å². The third-order valence-electron chi connectivity index (χ3n) is 0.301. The SMILES string of the molecule is C.CNNC(C)=O. The summed E-state index contributed by atoms with van der Waals surface area (Å²) in [5.41, 5.74) is 4.79. The van der Waals surface area contributed by atoms with Gasteiger partial charge in [-0.05, 0) is 0 Å². The zero-order valence-electron chi connectivity index (χ0n) is 3.91. The van der Waals surface area contributed by atoms with E-state index in [1.807, 2.05) is 0 Å². The van der Waals surface area contributed by atoms with Gasteiger partial charge >= 0.3 is 0 Å². The molecule has 0 radical (unpaired) electrons. The molecular formula is C4H12N2O. The lowest BCUT2D eigenvalue weighted by molar-refractivity contribution is -0.119. The fourth-order valence-electron chi connectivity index (χ4n) is 0.176. The van der Waals surface area contributed by atoms with Gasteiger partial charge in [-0.2, -0.15) is 0 Å². The van der Waals surface area contributed by atoms with Crippen LogP contribution >= 0.6 is 0 Å². The molecule has 0 aliphatic rings. The average Bonchev–Trinajstić information content (AvgIpc) is 1.35. The van der Waals surface area contributed by atoms with E-state index in [-0.39, 0.29) is 13.3 Å². The van der Waals surface area contributed by atoms with Crippen LogP contribution in [-0.2, 0) is 4.79 Å². The van der Waals surface area contributed by atoms with Crippen molar-refractivity contribution in [2.45, 2.75) is 14.4 Å². The van der Waals surface area contributed by atoms with Crippen LogP contribution in [-0.4, -0.2) is 13.0 Å². The minimum absolute atomic E-state index is 0. The molecule has 44 valence electrons. The Balaban J connectivity index is 0. The Hall–Kier alpha value is -0.570. The van der Waals surface area contributed by atoms with Crippen LogP contribution in [0, 0.1) is 0 Å². The molecule has 0 fully saturated rings. The van der Waals surface area contributed by atoms with E-state index in [2.05, 4.69) is 10.9 Å². The monoisotopic (exact) mass is 104 g/mol. The number of amides is 1. The van der Waals surface area contributed by atoms with Gasteiger partial charge in [0.25, 0.3) is 0 Å². The minimum atomic E-state index is -0.0718. The van der Waals surface area contributed by atoms with Crippen LogP contribution in [0.4, 0.5) is 0 Å². The van der Waals surface area contributed by atoms with Gasteiger partial charge in [0.05, 0.1) is 0 Å². The molecule has 0 aliphatic heterocycles. The lowest BCUT2D eigenvalue weighted by Gasteiger charge is -1.91. The third kappa shape index (κ3) is 10.8. The first-order valence-corrected chi connectivity index (χ1v) is 1.70. The van der Waals surface area contributed by atoms with Gasteiger partial charge in [0.1, 0.15) is 0 Å². The van der Waals surface area contributed by atoms with Gasteiger partial charge in [-0.25, -0.2) is 5.43 Å². The Morgan fingerprint density at radius 1 is 1.57 bits per heavy atom. The van der Waals surface area contributed by atoms with Crippen LogP contribution in [0.5, 0.6) is 0 Å². The van der Waals surface area contributed by atoms with E-state index >= 15 is 0 Å². The minimum Gasteiger partial charge on any atom is -0.292 e. The summed E-state index contributed by atoms with van der Waals surface area (Å²) in [4.78, 5) is 9.87. The molecule has 3 heteroatoms. The Morgan fingerprint density at radius 3 is 2.00 bits per heavy atom. The van der Waals surface area contributed by atoms with E-state index in [0.29, 0.717) is 0 Å². The maximum Gasteiger partial charge on any atom is 0.230 e. The average molecular weight is 104 g/mol. The molecule has 0 aromatic rings. The van der Waals surface area contributed by atoms with Gasteiger partial charge in [0, 0.05) is 14.0 Å². The highest BCUT2D eigenvalue weighted by atomic mass is 16.2. The van der Waals surface area contributed by atoms with Crippen molar-refractivity contribution >= 4 is 5.91 Å². The first kappa shape index (κ1) is 9.66. The molecule has 0 unspecified atom stereocenters. The van der Waals surface area contributed by atoms with Crippen molar-refractivity contribution in [2.75, 3.05) is 7.05 Å². The number of rotatable bonds is 1. The summed E-state index contributed by atoms with van der Waals surface area (Å²) < 4.78 is 0. The zero-order valence-corrected chi connectivity index (χ0v) is 3.91. The van der Waals surface area contributed by atoms with Crippen molar-refractivity contribution in [1.29, 1.82) is 0 Å². The molecule has 0 rings (SSSR count). The van der Waals surface area contributed by atoms with Gasteiger partial charge in [0.15, 0.2) is 0 Å². The molecule has 0 aromatic carbocycles. The highest BCUT2D eigenvalue weighted by Gasteiger charge is 1.77. The van der Waals surface area contributed by atoms with Crippen molar-refractivity contribution < 1.29 is 4.79 Å². The van der Waals surface area contributed by atoms with Crippen molar-refractivity contribution in [2.24, 2.45) is 0 Å². The molecule has 0 saturated heterocycles. The summed E-state index contributed by atoms with van der Waals surface area (Å²) in [6.45, 7) is 1.44. The molecule has 1 amide bonds. The molecule has 0 aromatic heterocycles. The number of nitrogens with one attached hydrogen (secondary N) is 2. The maximum atomic E-state index is 9.87. The quantitative estimate of drug-likeness (QED) is 0.456. The Morgan fingerprint density at radius 2 is 2.00 bits per heavy atom. The molecule has 0 saturated carbocycles. The van der Waals surface area contributed by atoms with Crippen molar-refractivity contribution in [3.8, 4) is 0 Å². The number of carbonyl (C=O) groups is 1. The van der Waals surface area contributed by atoms with Crippen LogP contribution in [0.25, 0.3) is 0 Å². The largest absolute Gasteiger partial charge is 0.292 e. The Labute approximate surface area is 44.1 Å². The molecule has 7 heavy (non-hydrogen) atoms. The number of hydrogen-bond donors (Lipinski definition) is 2. The zero-order chi connectivity index (χ0) is 4.99. The Bertz CT molecular complexity index is 53.7. The van der Waals surface area contributed by atoms with E-state index in [1.54, 1.807) is 7.05 Å². The molecule has 0 atom stereocenters. The molecule has 0 spiro atoms. The van der Waals surface area contributed by atoms with Crippen LogP contribution in [0.3, 0.4) is 0 Å². The van der Waals surface area contributed by atoms with E-state index < -0.39 is 0 Å². The van der Waals surface area contributed by atoms with E-state index in [0.717, 1.165) is 0 Å². The fourth-order valence-corrected chi connectivity index (χ4v) is 0.176. The first-order chi connectivity index (χ1) is 2.77. The summed E-state index contributed by atoms with van der Waals surface area (Å²) in [7, 11) is 1.64. The maximum absolute atomic E-state index is 9.87. The molecule has 2 N–H and O–H groups in total. The summed E-state index contributed by atoms with van der Waals surface area (Å²) >= 11 is 0. The van der Waals surface area contributed by atoms with Crippen molar-refractivity contribution in [3.05, 3.63) is 0 Å². The van der Waals surface area contributed by atoms with Crippen molar-refractivity contribution in [1.82, 2.24) is 10.9 Å². The summed E-state index contributed by atoms with van der Waals surface area (Å²) in [5, 5.41) is 0. The van der Waals surface area contributed by atoms with E-state index in [1.165, 1.54) is 6.92 Å². The van der Waals surface area contributed by atoms with Gasteiger partial charge < -0.3 is 0 Å². The lowest BCUT2D eigenvalue weighted by atomic mass is 10.8. The second kappa shape index (κ2) is 5.43. The number of carbonyl (C=O) groups excluding carboxylic acids is 1. The van der Waals surface area contributed by atoms with Crippen LogP contribution < -0.4 is 10.9 Å². The smallest absolute Gasteiger partial charge is 0.230 e. The molecule has 3 nitrogen and oxygen atoms in total. The summed E-state index contributed by atoms with van der Waals surface area (Å²) in [6, 6.07) is 0. The fraction of sp³-hybridized carbons (Fsp3) is 0.750. The van der Waals surface area contributed by atoms with Gasteiger partial charge in [-0.15, -0.1) is 0 Å². The lowest BCUT2D eigenvalue weighted by Crippen LogP contribution is -2.31. The second-order valence-electron chi connectivity index (χ2n) is 0.931. The van der Waals surface area contributed by atoms with Crippen LogP contribution in [0.2, 0.25) is 0 Å². The van der Waals surface area contributed by atoms with E-state index in [9.17, 15) is 4.79 Å². The predicted octanol–water partition coefficient (Wildman–Crippen LogP) is -0.107. The van der Waals surface area contributed by atoms with E-state index in [4.69, 9.17) is 0 Å². The molecule has 0 bridgehead atoms. The van der Waals surface area contributed by atoms with Crippen LogP contribution in [0.15, 0.2) is 0 Å². The van der Waals surface area contributed by atoms with Gasteiger partial charge in [0.2, 0.25) is 5.91 Å². The highest BCUT2D eigenvalue weighted by molar-refractivity contribution is 5.72. The third-order valence-corrected chi connectivity index (χ3v) is 0.301. The van der Waals surface area contributed by atoms with Gasteiger partial charge in [-0.1, -0.05) is 7.43 Å². The molecular weight excluding hydrogens is 92.1 g/mol. The molecule has 0 aliphatic carbocycles. The second-order valence-corrected chi connectivity index (χ2v) is 0.931. The predicted molar refractivity (Wildman–Crippen MR) is 29.6 cm³/mol. The Kier molecular flexibility index (Phi) is 7.49. The number of hydrazine groups is 1. The highest BCUT2D eigenvalue weighted by Crippen LogP contribution is 1.46.